The molecule has 2 saturated heterocycles. The summed E-state index contributed by atoms with van der Waals surface area (Å²) in [6, 6.07) is 10.5. The monoisotopic (exact) mass is 470 g/mol. The summed E-state index contributed by atoms with van der Waals surface area (Å²) >= 11 is 0. The van der Waals surface area contributed by atoms with Crippen molar-refractivity contribution in [1.29, 1.82) is 0 Å². The molecule has 1 aromatic carbocycles. The lowest BCUT2D eigenvalue weighted by Crippen LogP contribution is -2.69. The van der Waals surface area contributed by atoms with E-state index in [-0.39, 0.29) is 5.41 Å². The van der Waals surface area contributed by atoms with Crippen LogP contribution in [0.15, 0.2) is 24.3 Å². The largest absolute Gasteiger partial charge is 0.497 e. The number of aromatic nitrogens is 2. The smallest absolute Gasteiger partial charge is 0.226 e. The van der Waals surface area contributed by atoms with Crippen molar-refractivity contribution < 1.29 is 4.74 Å². The average Bonchev–Trinajstić information content (AvgIpc) is 3.53. The zero-order valence-corrected chi connectivity index (χ0v) is 21.5. The normalized spacial score (nSPS) is 38.9. The molecule has 0 spiro atoms. The highest BCUT2D eigenvalue weighted by molar-refractivity contribution is 5.53. The van der Waals surface area contributed by atoms with Crippen molar-refractivity contribution in [3.05, 3.63) is 46.8 Å². The molecule has 184 valence electrons. The fourth-order valence-corrected chi connectivity index (χ4v) is 10.1. The van der Waals surface area contributed by atoms with Crippen LogP contribution in [0.2, 0.25) is 0 Å². The standard InChI is InChI=1S/C30H38N4O/c1-18-12-19(2)32-28(31-18)34-17-22-15-29-9-8-25(34)27(22)30(29)10-11-33(16-20-4-5-20)26(29)13-21-6-7-23(35-3)14-24(21)30/h6-7,12,14,20,22,25-27H,4-5,8-11,13,15-17H2,1-3H3/t22-,25?,26?,27?,29?,30?/m1/s1. The van der Waals surface area contributed by atoms with Crippen LogP contribution in [0, 0.1) is 37.0 Å². The summed E-state index contributed by atoms with van der Waals surface area (Å²) in [7, 11) is 1.83. The fourth-order valence-electron chi connectivity index (χ4n) is 10.1. The summed E-state index contributed by atoms with van der Waals surface area (Å²) in [5, 5.41) is 0. The Balaban J connectivity index is 1.28. The van der Waals surface area contributed by atoms with E-state index in [1.54, 1.807) is 11.1 Å². The molecule has 3 saturated carbocycles. The first kappa shape index (κ1) is 21.0. The highest BCUT2D eigenvalue weighted by Gasteiger charge is 2.76. The van der Waals surface area contributed by atoms with Gasteiger partial charge in [0.15, 0.2) is 0 Å². The van der Waals surface area contributed by atoms with Crippen LogP contribution < -0.4 is 9.64 Å². The molecule has 6 aliphatic rings. The third kappa shape index (κ3) is 2.63. The Morgan fingerprint density at radius 3 is 2.66 bits per heavy atom. The molecule has 0 radical (unpaired) electrons. The van der Waals surface area contributed by atoms with E-state index in [1.165, 1.54) is 58.0 Å². The lowest BCUT2D eigenvalue weighted by Gasteiger charge is -2.66. The maximum Gasteiger partial charge on any atom is 0.226 e. The first-order valence-electron chi connectivity index (χ1n) is 14.0. The first-order chi connectivity index (χ1) is 17.0. The van der Waals surface area contributed by atoms with Crippen LogP contribution in [-0.2, 0) is 11.8 Å². The minimum Gasteiger partial charge on any atom is -0.497 e. The van der Waals surface area contributed by atoms with Gasteiger partial charge in [0, 0.05) is 42.0 Å². The van der Waals surface area contributed by atoms with Crippen LogP contribution >= 0.6 is 0 Å². The van der Waals surface area contributed by atoms with E-state index >= 15 is 0 Å². The molecule has 5 fully saturated rings. The second-order valence-corrected chi connectivity index (χ2v) is 12.8. The van der Waals surface area contributed by atoms with Crippen molar-refractivity contribution in [3.8, 4) is 5.75 Å². The summed E-state index contributed by atoms with van der Waals surface area (Å²) in [4.78, 5) is 15.5. The Bertz CT molecular complexity index is 1190. The zero-order valence-electron chi connectivity index (χ0n) is 21.5. The van der Waals surface area contributed by atoms with E-state index in [2.05, 4.69) is 47.9 Å². The highest BCUT2D eigenvalue weighted by atomic mass is 16.5. The van der Waals surface area contributed by atoms with E-state index in [0.717, 1.165) is 47.5 Å². The third-order valence-corrected chi connectivity index (χ3v) is 11.2. The second kappa shape index (κ2) is 7.00. The number of rotatable bonds is 4. The van der Waals surface area contributed by atoms with Crippen molar-refractivity contribution in [3.63, 3.8) is 0 Å². The van der Waals surface area contributed by atoms with E-state index < -0.39 is 0 Å². The van der Waals surface area contributed by atoms with Gasteiger partial charge in [0.25, 0.3) is 0 Å². The molecule has 1 aromatic heterocycles. The summed E-state index contributed by atoms with van der Waals surface area (Å²) in [5.41, 5.74) is 6.15. The topological polar surface area (TPSA) is 41.5 Å². The number of benzene rings is 1. The molecule has 4 aliphatic carbocycles. The van der Waals surface area contributed by atoms with Gasteiger partial charge in [0.05, 0.1) is 7.11 Å². The van der Waals surface area contributed by atoms with Crippen LogP contribution in [0.4, 0.5) is 5.95 Å². The van der Waals surface area contributed by atoms with Crippen molar-refractivity contribution >= 4 is 5.95 Å². The predicted octanol–water partition coefficient (Wildman–Crippen LogP) is 4.69. The second-order valence-electron chi connectivity index (χ2n) is 12.8. The van der Waals surface area contributed by atoms with E-state index in [4.69, 9.17) is 14.7 Å². The van der Waals surface area contributed by atoms with E-state index in [9.17, 15) is 0 Å². The van der Waals surface area contributed by atoms with Crippen molar-refractivity contribution in [1.82, 2.24) is 14.9 Å². The number of hydrogen-bond acceptors (Lipinski definition) is 5. The third-order valence-electron chi connectivity index (χ3n) is 11.2. The molecule has 3 heterocycles. The maximum absolute atomic E-state index is 5.81. The Morgan fingerprint density at radius 2 is 1.89 bits per heavy atom. The molecular weight excluding hydrogens is 432 g/mol. The van der Waals surface area contributed by atoms with Gasteiger partial charge in [-0.3, -0.25) is 4.90 Å². The van der Waals surface area contributed by atoms with Crippen LogP contribution in [-0.4, -0.2) is 53.7 Å². The number of piperidine rings is 1. The lowest BCUT2D eigenvalue weighted by molar-refractivity contribution is -0.0921. The fraction of sp³-hybridized carbons (Fsp3) is 0.667. The van der Waals surface area contributed by atoms with Gasteiger partial charge in [-0.05, 0) is 118 Å². The molecule has 8 rings (SSSR count). The molecule has 0 N–H and O–H groups in total. The van der Waals surface area contributed by atoms with Crippen LogP contribution in [0.1, 0.15) is 61.0 Å². The van der Waals surface area contributed by atoms with Crippen LogP contribution in [0.3, 0.4) is 0 Å². The van der Waals surface area contributed by atoms with Crippen LogP contribution in [0.5, 0.6) is 5.75 Å². The van der Waals surface area contributed by atoms with Gasteiger partial charge >= 0.3 is 0 Å². The van der Waals surface area contributed by atoms with Crippen molar-refractivity contribution in [2.24, 2.45) is 23.2 Å². The van der Waals surface area contributed by atoms with Gasteiger partial charge in [-0.1, -0.05) is 6.07 Å². The molecule has 0 amide bonds. The minimum atomic E-state index is 0.279. The van der Waals surface area contributed by atoms with Gasteiger partial charge in [-0.2, -0.15) is 0 Å². The Kier molecular flexibility index (Phi) is 4.20. The first-order valence-corrected chi connectivity index (χ1v) is 14.0. The Labute approximate surface area is 209 Å². The number of anilines is 1. The summed E-state index contributed by atoms with van der Waals surface area (Å²) in [5.74, 6) is 4.43. The minimum absolute atomic E-state index is 0.279. The molecule has 35 heavy (non-hydrogen) atoms. The van der Waals surface area contributed by atoms with Gasteiger partial charge in [0.1, 0.15) is 5.75 Å². The Morgan fingerprint density at radius 1 is 1.06 bits per heavy atom. The number of methoxy groups -OCH3 is 1. The molecule has 5 nitrogen and oxygen atoms in total. The number of fused-ring (bicyclic) bond motifs is 1. The molecule has 6 atom stereocenters. The SMILES string of the molecule is COc1ccc2c(c1)C13CCN(CC4CC4)C(C2)C12CCC1C3[C@@H](CN1c1nc(C)cc(C)n1)C2. The average molecular weight is 471 g/mol. The lowest BCUT2D eigenvalue weighted by atomic mass is 9.43. The number of nitrogens with zero attached hydrogens (tertiary/aromatic N) is 4. The number of ether oxygens (including phenoxy) is 1. The molecule has 5 unspecified atom stereocenters. The molecular formula is C30H38N4O. The maximum atomic E-state index is 5.81. The number of hydrogen-bond donors (Lipinski definition) is 0. The van der Waals surface area contributed by atoms with E-state index in [1.807, 2.05) is 7.11 Å². The van der Waals surface area contributed by atoms with Crippen molar-refractivity contribution in [2.75, 3.05) is 31.6 Å². The van der Waals surface area contributed by atoms with Crippen molar-refractivity contribution in [2.45, 2.75) is 76.3 Å². The molecule has 2 aromatic rings. The summed E-state index contributed by atoms with van der Waals surface area (Å²) < 4.78 is 5.81. The number of likely N-dealkylation sites (tertiary alicyclic amines) is 1. The van der Waals surface area contributed by atoms with E-state index in [0.29, 0.717) is 17.4 Å². The summed E-state index contributed by atoms with van der Waals surface area (Å²) in [6.07, 6.45) is 9.50. The quantitative estimate of drug-likeness (QED) is 0.649. The zero-order chi connectivity index (χ0) is 23.5. The van der Waals surface area contributed by atoms with Crippen LogP contribution in [0.25, 0.3) is 0 Å². The van der Waals surface area contributed by atoms with Gasteiger partial charge in [0.2, 0.25) is 5.95 Å². The number of aryl methyl sites for hydroxylation is 2. The highest BCUT2D eigenvalue weighted by Crippen LogP contribution is 2.75. The van der Waals surface area contributed by atoms with Gasteiger partial charge in [-0.25, -0.2) is 9.97 Å². The molecule has 4 bridgehead atoms. The predicted molar refractivity (Wildman–Crippen MR) is 137 cm³/mol. The molecule has 5 heteroatoms. The van der Waals surface area contributed by atoms with Gasteiger partial charge < -0.3 is 9.64 Å². The Hall–Kier alpha value is -2.14. The molecule has 2 aliphatic heterocycles. The van der Waals surface area contributed by atoms with Gasteiger partial charge in [-0.15, -0.1) is 0 Å². The summed E-state index contributed by atoms with van der Waals surface area (Å²) in [6.45, 7) is 7.98.